The number of benzene rings is 2. The van der Waals surface area contributed by atoms with Crippen LogP contribution in [0.3, 0.4) is 0 Å². The molecule has 1 saturated carbocycles. The first-order chi connectivity index (χ1) is 17.5. The molecule has 0 aliphatic heterocycles. The minimum absolute atomic E-state index is 0.0348. The number of hydrogen-bond donors (Lipinski definition) is 3. The minimum Gasteiger partial charge on any atom is -0.320 e. The molecule has 0 bridgehead atoms. The zero-order valence-corrected chi connectivity index (χ0v) is 21.6. The average molecular weight is 566 g/mol. The van der Waals surface area contributed by atoms with Crippen molar-refractivity contribution in [2.75, 3.05) is 11.4 Å². The van der Waals surface area contributed by atoms with Gasteiger partial charge in [0.05, 0.1) is 35.0 Å². The maximum atomic E-state index is 15.2. The van der Waals surface area contributed by atoms with E-state index in [2.05, 4.69) is 52.8 Å². The van der Waals surface area contributed by atoms with Crippen molar-refractivity contribution in [1.29, 1.82) is 0 Å². The van der Waals surface area contributed by atoms with Crippen molar-refractivity contribution >= 4 is 60.3 Å². The molecule has 0 radical (unpaired) electrons. The second-order valence-corrected chi connectivity index (χ2v) is 11.6. The van der Waals surface area contributed by atoms with Crippen LogP contribution in [0.5, 0.6) is 0 Å². The highest BCUT2D eigenvalue weighted by Crippen LogP contribution is 2.40. The Kier molecular flexibility index (Phi) is 6.88. The van der Waals surface area contributed by atoms with E-state index in [9.17, 15) is 18.0 Å². The van der Waals surface area contributed by atoms with Crippen LogP contribution in [0.25, 0.3) is 22.2 Å². The second kappa shape index (κ2) is 9.84. The van der Waals surface area contributed by atoms with Gasteiger partial charge >= 0.3 is 5.69 Å². The lowest BCUT2D eigenvalue weighted by atomic mass is 10.1. The predicted octanol–water partition coefficient (Wildman–Crippen LogP) is 5.77. The van der Waals surface area contributed by atoms with E-state index in [1.54, 1.807) is 6.20 Å². The third-order valence-corrected chi connectivity index (χ3v) is 6.48. The minimum atomic E-state index is -2.94. The Hall–Kier alpha value is -2.77. The molecule has 13 heteroatoms. The van der Waals surface area contributed by atoms with Crippen LogP contribution in [0, 0.1) is 11.6 Å². The summed E-state index contributed by atoms with van der Waals surface area (Å²) >= 11 is 12.5. The number of fused-ring (bicyclic) bond motifs is 1. The Balaban J connectivity index is 1.70. The summed E-state index contributed by atoms with van der Waals surface area (Å²) in [6.07, 6.45) is 2.23. The highest BCUT2D eigenvalue weighted by molar-refractivity contribution is 8.15. The predicted molar refractivity (Wildman–Crippen MR) is 143 cm³/mol. The quantitative estimate of drug-likeness (QED) is 0.151. The molecule has 4 aromatic rings. The second-order valence-electron chi connectivity index (χ2n) is 8.59. The summed E-state index contributed by atoms with van der Waals surface area (Å²) in [5, 5.41) is -0.260. The van der Waals surface area contributed by atoms with Crippen molar-refractivity contribution < 1.29 is 17.6 Å². The van der Waals surface area contributed by atoms with Gasteiger partial charge in [-0.05, 0) is 43.2 Å². The van der Waals surface area contributed by atoms with Gasteiger partial charge in [0, 0.05) is 23.4 Å². The first-order valence-corrected chi connectivity index (χ1v) is 12.4. The lowest BCUT2D eigenvalue weighted by Gasteiger charge is -2.28. The topological polar surface area (TPSA) is 63.9 Å². The third-order valence-electron chi connectivity index (χ3n) is 5.88. The molecule has 37 heavy (non-hydrogen) atoms. The highest BCUT2D eigenvalue weighted by Gasteiger charge is 2.29. The fraction of sp³-hybridized carbons (Fsp3) is 0.250. The summed E-state index contributed by atoms with van der Waals surface area (Å²) in [5.74, 6) is -1.64. The van der Waals surface area contributed by atoms with Crippen molar-refractivity contribution in [3.8, 4) is 11.3 Å². The van der Waals surface area contributed by atoms with Gasteiger partial charge in [-0.2, -0.15) is 4.98 Å². The summed E-state index contributed by atoms with van der Waals surface area (Å²) in [6, 6.07) is 7.40. The Morgan fingerprint density at radius 2 is 1.84 bits per heavy atom. The number of hydrogen-bond acceptors (Lipinski definition) is 8. The first kappa shape index (κ1) is 25.9. The summed E-state index contributed by atoms with van der Waals surface area (Å²) in [6.45, 7) is -0.997. The van der Waals surface area contributed by atoms with Crippen LogP contribution in [0.4, 0.5) is 29.1 Å². The van der Waals surface area contributed by atoms with Crippen LogP contribution in [-0.2, 0) is 3.54 Å². The zero-order chi connectivity index (χ0) is 26.5. The van der Waals surface area contributed by atoms with Gasteiger partial charge in [0.2, 0.25) is 0 Å². The van der Waals surface area contributed by atoms with E-state index >= 15 is 4.39 Å². The van der Waals surface area contributed by atoms with Crippen LogP contribution in [0.2, 0.25) is 0 Å². The SMILES string of the molecule is O=c1nc(N(CC(F)F)c2cc(F)cc(-c3cnc(C4CC4)cn3)c2)c2c(F)cccc2n1C(S)(S)S. The van der Waals surface area contributed by atoms with Gasteiger partial charge in [-0.3, -0.25) is 14.5 Å². The van der Waals surface area contributed by atoms with Gasteiger partial charge in [-0.15, -0.1) is 37.9 Å². The average Bonchev–Trinajstić information content (AvgIpc) is 3.66. The van der Waals surface area contributed by atoms with E-state index < -0.39 is 39.6 Å². The fourth-order valence-corrected chi connectivity index (χ4v) is 4.69. The van der Waals surface area contributed by atoms with Crippen LogP contribution < -0.4 is 10.6 Å². The first-order valence-electron chi connectivity index (χ1n) is 11.1. The molecule has 0 amide bonds. The Labute approximate surface area is 225 Å². The lowest BCUT2D eigenvalue weighted by molar-refractivity contribution is 0.157. The van der Waals surface area contributed by atoms with Crippen molar-refractivity contribution in [2.24, 2.45) is 0 Å². The number of halogens is 4. The summed E-state index contributed by atoms with van der Waals surface area (Å²) in [5.41, 5.74) is 0.346. The normalized spacial score (nSPS) is 13.9. The van der Waals surface area contributed by atoms with E-state index in [1.165, 1.54) is 30.5 Å². The Bertz CT molecular complexity index is 1540. The van der Waals surface area contributed by atoms with Crippen LogP contribution in [-0.4, -0.2) is 32.5 Å². The molecule has 0 atom stereocenters. The summed E-state index contributed by atoms with van der Waals surface area (Å²) < 4.78 is 56.7. The molecule has 0 N–H and O–H groups in total. The van der Waals surface area contributed by atoms with Gasteiger partial charge in [-0.1, -0.05) is 6.07 Å². The van der Waals surface area contributed by atoms with E-state index in [-0.39, 0.29) is 22.2 Å². The molecule has 0 unspecified atom stereocenters. The molecule has 0 spiro atoms. The monoisotopic (exact) mass is 565 g/mol. The van der Waals surface area contributed by atoms with Crippen molar-refractivity contribution in [2.45, 2.75) is 28.7 Å². The smallest absolute Gasteiger partial charge is 0.320 e. The van der Waals surface area contributed by atoms with Crippen LogP contribution >= 0.6 is 37.9 Å². The number of thiol groups is 3. The largest absolute Gasteiger partial charge is 0.352 e. The van der Waals surface area contributed by atoms with Crippen molar-refractivity contribution in [3.63, 3.8) is 0 Å². The van der Waals surface area contributed by atoms with Crippen LogP contribution in [0.1, 0.15) is 24.5 Å². The highest BCUT2D eigenvalue weighted by atomic mass is 32.2. The van der Waals surface area contributed by atoms with Crippen LogP contribution in [0.15, 0.2) is 53.6 Å². The maximum Gasteiger partial charge on any atom is 0.352 e. The molecule has 2 aromatic heterocycles. The molecule has 0 saturated heterocycles. The van der Waals surface area contributed by atoms with E-state index in [1.807, 2.05) is 0 Å². The van der Waals surface area contributed by atoms with Crippen molar-refractivity contribution in [3.05, 3.63) is 76.6 Å². The van der Waals surface area contributed by atoms with E-state index in [0.29, 0.717) is 11.6 Å². The maximum absolute atomic E-state index is 15.2. The van der Waals surface area contributed by atoms with Gasteiger partial charge in [0.25, 0.3) is 6.43 Å². The summed E-state index contributed by atoms with van der Waals surface area (Å²) in [4.78, 5) is 26.5. The number of anilines is 2. The van der Waals surface area contributed by atoms with E-state index in [4.69, 9.17) is 0 Å². The molecule has 2 aromatic carbocycles. The molecular weight excluding hydrogens is 546 g/mol. The fourth-order valence-electron chi connectivity index (χ4n) is 4.11. The van der Waals surface area contributed by atoms with Gasteiger partial charge in [-0.25, -0.2) is 22.4 Å². The number of aromatic nitrogens is 4. The molecule has 1 aliphatic carbocycles. The number of rotatable bonds is 7. The summed E-state index contributed by atoms with van der Waals surface area (Å²) in [7, 11) is 0. The molecule has 5 rings (SSSR count). The standard InChI is InChI=1S/C24H19F4N5OS3/c25-14-6-13(18-10-29-17(9-30-18)12-4-5-12)7-15(8-14)32(11-20(27)28)22-21-16(26)2-1-3-19(21)33(23(34)31-22)24(35,36)37/h1-3,6-10,12,20,35-37H,4-5,11H2. The zero-order valence-electron chi connectivity index (χ0n) is 18.9. The van der Waals surface area contributed by atoms with Gasteiger partial charge < -0.3 is 4.90 Å². The molecule has 6 nitrogen and oxygen atoms in total. The van der Waals surface area contributed by atoms with Crippen molar-refractivity contribution in [1.82, 2.24) is 19.5 Å². The van der Waals surface area contributed by atoms with Gasteiger partial charge in [0.1, 0.15) is 11.6 Å². The molecule has 1 aliphatic rings. The molecule has 192 valence electrons. The Morgan fingerprint density at radius 3 is 2.46 bits per heavy atom. The lowest BCUT2D eigenvalue weighted by Crippen LogP contribution is -2.34. The van der Waals surface area contributed by atoms with Gasteiger partial charge in [0.15, 0.2) is 9.35 Å². The third kappa shape index (κ3) is 5.30. The number of nitrogens with zero attached hydrogens (tertiary/aromatic N) is 5. The Morgan fingerprint density at radius 1 is 1.08 bits per heavy atom. The number of alkyl halides is 2. The van der Waals surface area contributed by atoms with E-state index in [0.717, 1.165) is 40.1 Å². The molecule has 1 fully saturated rings. The molecule has 2 heterocycles. The molecular formula is C24H19F4N5OS3.